The van der Waals surface area contributed by atoms with Crippen molar-refractivity contribution >= 4 is 28.6 Å². The fourth-order valence-corrected chi connectivity index (χ4v) is 3.00. The second kappa shape index (κ2) is 6.50. The molecule has 0 saturated carbocycles. The van der Waals surface area contributed by atoms with Crippen LogP contribution in [0.25, 0.3) is 11.2 Å². The van der Waals surface area contributed by atoms with Crippen molar-refractivity contribution in [2.24, 2.45) is 0 Å². The zero-order valence-electron chi connectivity index (χ0n) is 13.6. The van der Waals surface area contributed by atoms with E-state index in [1.165, 1.54) is 10.9 Å². The Morgan fingerprint density at radius 3 is 2.62 bits per heavy atom. The van der Waals surface area contributed by atoms with Crippen molar-refractivity contribution in [1.82, 2.24) is 19.5 Å². The topological polar surface area (TPSA) is 152 Å². The first-order chi connectivity index (χ1) is 12.6. The Morgan fingerprint density at radius 1 is 1.15 bits per heavy atom. The standard InChI is InChI=1S/C16H18N6O4/c17-13-10-14(19-7-18-13)22(15-12(25)11(24)9(6-23)26-15)16(21-10)20-8-4-2-1-3-5-8/h1-5,7,9,11-12,15,23-25H,6H2,(H,20,21)(H2,17,18,19)/t9-,11?,12?,15-/m1/s1. The summed E-state index contributed by atoms with van der Waals surface area (Å²) in [6.07, 6.45) is -3.17. The fraction of sp³-hybridized carbons (Fsp3) is 0.312. The number of aromatic nitrogens is 4. The van der Waals surface area contributed by atoms with Gasteiger partial charge in [-0.05, 0) is 12.1 Å². The van der Waals surface area contributed by atoms with Gasteiger partial charge in [-0.1, -0.05) is 18.2 Å². The molecule has 4 rings (SSSR count). The molecular formula is C16H18N6O4. The maximum absolute atomic E-state index is 10.4. The maximum atomic E-state index is 10.4. The summed E-state index contributed by atoms with van der Waals surface area (Å²) in [5.41, 5.74) is 7.33. The Balaban J connectivity index is 1.84. The number of aliphatic hydroxyl groups is 3. The molecular weight excluding hydrogens is 340 g/mol. The number of ether oxygens (including phenoxy) is 1. The van der Waals surface area contributed by atoms with Gasteiger partial charge in [0, 0.05) is 5.69 Å². The van der Waals surface area contributed by atoms with Crippen molar-refractivity contribution in [3.05, 3.63) is 36.7 Å². The first kappa shape index (κ1) is 16.7. The van der Waals surface area contributed by atoms with Gasteiger partial charge in [-0.3, -0.25) is 4.57 Å². The Kier molecular flexibility index (Phi) is 4.17. The molecule has 1 fully saturated rings. The number of hydrogen-bond donors (Lipinski definition) is 5. The van der Waals surface area contributed by atoms with Crippen LogP contribution in [-0.2, 0) is 4.74 Å². The van der Waals surface area contributed by atoms with E-state index in [0.717, 1.165) is 5.69 Å². The first-order valence-corrected chi connectivity index (χ1v) is 8.03. The van der Waals surface area contributed by atoms with E-state index in [1.54, 1.807) is 0 Å². The number of benzene rings is 1. The third kappa shape index (κ3) is 2.65. The lowest BCUT2D eigenvalue weighted by atomic mass is 10.1. The summed E-state index contributed by atoms with van der Waals surface area (Å²) >= 11 is 0. The van der Waals surface area contributed by atoms with Crippen molar-refractivity contribution in [1.29, 1.82) is 0 Å². The van der Waals surface area contributed by atoms with Crippen LogP contribution in [-0.4, -0.2) is 59.8 Å². The lowest BCUT2D eigenvalue weighted by molar-refractivity contribution is -0.0501. The van der Waals surface area contributed by atoms with Crippen LogP contribution in [0.1, 0.15) is 6.23 Å². The molecule has 1 aliphatic rings. The molecule has 0 amide bonds. The highest BCUT2D eigenvalue weighted by Crippen LogP contribution is 2.35. The minimum absolute atomic E-state index is 0.177. The van der Waals surface area contributed by atoms with Gasteiger partial charge in [-0.2, -0.15) is 0 Å². The zero-order valence-corrected chi connectivity index (χ0v) is 13.6. The number of nitrogen functional groups attached to an aromatic ring is 1. The van der Waals surface area contributed by atoms with Gasteiger partial charge in [0.1, 0.15) is 24.6 Å². The summed E-state index contributed by atoms with van der Waals surface area (Å²) in [6.45, 7) is -0.431. The predicted octanol–water partition coefficient (Wildman–Crippen LogP) is -0.236. The lowest BCUT2D eigenvalue weighted by Crippen LogP contribution is -2.33. The van der Waals surface area contributed by atoms with Gasteiger partial charge < -0.3 is 31.1 Å². The molecule has 4 atom stereocenters. The van der Waals surface area contributed by atoms with Crippen molar-refractivity contribution in [3.63, 3.8) is 0 Å². The summed E-state index contributed by atoms with van der Waals surface area (Å²) in [4.78, 5) is 12.6. The molecule has 10 heteroatoms. The molecule has 0 radical (unpaired) electrons. The third-order valence-electron chi connectivity index (χ3n) is 4.31. The second-order valence-electron chi connectivity index (χ2n) is 5.96. The smallest absolute Gasteiger partial charge is 0.212 e. The van der Waals surface area contributed by atoms with Crippen LogP contribution in [0.4, 0.5) is 17.5 Å². The van der Waals surface area contributed by atoms with E-state index in [2.05, 4.69) is 20.3 Å². The minimum atomic E-state index is -1.28. The van der Waals surface area contributed by atoms with Crippen LogP contribution in [0.2, 0.25) is 0 Å². The van der Waals surface area contributed by atoms with Gasteiger partial charge in [0.25, 0.3) is 0 Å². The Labute approximate surface area is 147 Å². The van der Waals surface area contributed by atoms with Gasteiger partial charge in [0.05, 0.1) is 6.61 Å². The van der Waals surface area contributed by atoms with Gasteiger partial charge in [0.15, 0.2) is 23.2 Å². The van der Waals surface area contributed by atoms with Gasteiger partial charge in [0.2, 0.25) is 5.95 Å². The van der Waals surface area contributed by atoms with E-state index < -0.39 is 31.1 Å². The number of para-hydroxylation sites is 1. The summed E-state index contributed by atoms with van der Waals surface area (Å²) < 4.78 is 7.14. The third-order valence-corrected chi connectivity index (χ3v) is 4.31. The zero-order chi connectivity index (χ0) is 18.3. The summed E-state index contributed by atoms with van der Waals surface area (Å²) in [6, 6.07) is 9.28. The van der Waals surface area contributed by atoms with Crippen LogP contribution < -0.4 is 11.1 Å². The van der Waals surface area contributed by atoms with E-state index in [9.17, 15) is 15.3 Å². The van der Waals surface area contributed by atoms with Gasteiger partial charge in [-0.25, -0.2) is 15.0 Å². The average Bonchev–Trinajstić information content (AvgIpc) is 3.15. The normalized spacial score (nSPS) is 25.7. The number of fused-ring (bicyclic) bond motifs is 1. The number of nitrogens with zero attached hydrogens (tertiary/aromatic N) is 4. The molecule has 1 aliphatic heterocycles. The largest absolute Gasteiger partial charge is 0.394 e. The molecule has 0 spiro atoms. The monoisotopic (exact) mass is 358 g/mol. The Morgan fingerprint density at radius 2 is 1.92 bits per heavy atom. The highest BCUT2D eigenvalue weighted by atomic mass is 16.6. The summed E-state index contributed by atoms with van der Waals surface area (Å²) in [5.74, 6) is 0.491. The van der Waals surface area contributed by atoms with Crippen molar-refractivity contribution in [2.75, 3.05) is 17.7 Å². The van der Waals surface area contributed by atoms with Crippen molar-refractivity contribution in [3.8, 4) is 0 Å². The van der Waals surface area contributed by atoms with E-state index in [0.29, 0.717) is 17.1 Å². The van der Waals surface area contributed by atoms with Crippen LogP contribution in [0.5, 0.6) is 0 Å². The van der Waals surface area contributed by atoms with Crippen LogP contribution in [0.3, 0.4) is 0 Å². The number of hydrogen-bond acceptors (Lipinski definition) is 9. The molecule has 136 valence electrons. The van der Waals surface area contributed by atoms with E-state index >= 15 is 0 Å². The maximum Gasteiger partial charge on any atom is 0.212 e. The summed E-state index contributed by atoms with van der Waals surface area (Å²) in [7, 11) is 0. The van der Waals surface area contributed by atoms with E-state index in [4.69, 9.17) is 10.5 Å². The van der Waals surface area contributed by atoms with Crippen molar-refractivity contribution in [2.45, 2.75) is 24.5 Å². The molecule has 2 aromatic heterocycles. The number of anilines is 3. The number of imidazole rings is 1. The number of nitrogens with one attached hydrogen (secondary N) is 1. The van der Waals surface area contributed by atoms with Crippen LogP contribution >= 0.6 is 0 Å². The lowest BCUT2D eigenvalue weighted by Gasteiger charge is -2.19. The summed E-state index contributed by atoms with van der Waals surface area (Å²) in [5, 5.41) is 33.0. The van der Waals surface area contributed by atoms with Gasteiger partial charge in [-0.15, -0.1) is 0 Å². The highest BCUT2D eigenvalue weighted by molar-refractivity contribution is 5.84. The van der Waals surface area contributed by atoms with Crippen LogP contribution in [0, 0.1) is 0 Å². The molecule has 3 heterocycles. The Bertz CT molecular complexity index is 918. The number of rotatable bonds is 4. The minimum Gasteiger partial charge on any atom is -0.394 e. The Hall–Kier alpha value is -2.79. The first-order valence-electron chi connectivity index (χ1n) is 8.03. The average molecular weight is 358 g/mol. The molecule has 1 saturated heterocycles. The van der Waals surface area contributed by atoms with Crippen molar-refractivity contribution < 1.29 is 20.1 Å². The molecule has 1 aromatic carbocycles. The molecule has 0 aliphatic carbocycles. The van der Waals surface area contributed by atoms with Crippen LogP contribution in [0.15, 0.2) is 36.7 Å². The molecule has 26 heavy (non-hydrogen) atoms. The molecule has 3 aromatic rings. The van der Waals surface area contributed by atoms with Gasteiger partial charge >= 0.3 is 0 Å². The number of aliphatic hydroxyl groups excluding tert-OH is 3. The fourth-order valence-electron chi connectivity index (χ4n) is 3.00. The van der Waals surface area contributed by atoms with E-state index in [1.807, 2.05) is 30.3 Å². The van der Waals surface area contributed by atoms with E-state index in [-0.39, 0.29) is 5.82 Å². The molecule has 6 N–H and O–H groups in total. The molecule has 2 unspecified atom stereocenters. The molecule has 0 bridgehead atoms. The highest BCUT2D eigenvalue weighted by Gasteiger charge is 2.45. The quantitative estimate of drug-likeness (QED) is 0.425. The predicted molar refractivity (Wildman–Crippen MR) is 92.5 cm³/mol. The second-order valence-corrected chi connectivity index (χ2v) is 5.96. The molecule has 10 nitrogen and oxygen atoms in total. The number of nitrogens with two attached hydrogens (primary N) is 1. The SMILES string of the molecule is Nc1ncnc2c1nc(Nc1ccccc1)n2[C@@H]1O[C@H](CO)C(O)C1O.